The molecule has 0 aliphatic carbocycles. The maximum absolute atomic E-state index is 12.6. The van der Waals surface area contributed by atoms with Crippen LogP contribution in [0.1, 0.15) is 26.3 Å². The summed E-state index contributed by atoms with van der Waals surface area (Å²) in [7, 11) is 1.61. The quantitative estimate of drug-likeness (QED) is 0.882. The summed E-state index contributed by atoms with van der Waals surface area (Å²) < 4.78 is 5.15. The summed E-state index contributed by atoms with van der Waals surface area (Å²) in [5.74, 6) is 0.510. The number of methoxy groups -OCH3 is 1. The smallest absolute Gasteiger partial charge is 0.234 e. The van der Waals surface area contributed by atoms with Crippen molar-refractivity contribution in [2.75, 3.05) is 17.7 Å². The molecule has 0 unspecified atom stereocenters. The Balaban J connectivity index is 2.10. The minimum Gasteiger partial charge on any atom is -0.497 e. The normalized spacial score (nSPS) is 10.8. The van der Waals surface area contributed by atoms with Gasteiger partial charge in [-0.15, -0.1) is 0 Å². The van der Waals surface area contributed by atoms with Crippen LogP contribution in [0, 0.1) is 0 Å². The van der Waals surface area contributed by atoms with Gasteiger partial charge >= 0.3 is 0 Å². The number of amides is 2. The molecular weight excluding hydrogens is 304 g/mol. The van der Waals surface area contributed by atoms with E-state index in [1.54, 1.807) is 31.4 Å². The van der Waals surface area contributed by atoms with Crippen LogP contribution in [0.3, 0.4) is 0 Å². The van der Waals surface area contributed by atoms with E-state index >= 15 is 0 Å². The monoisotopic (exact) mass is 326 g/mol. The van der Waals surface area contributed by atoms with Gasteiger partial charge in [0.05, 0.1) is 12.5 Å². The van der Waals surface area contributed by atoms with Crippen molar-refractivity contribution >= 4 is 23.2 Å². The van der Waals surface area contributed by atoms with Gasteiger partial charge in [-0.1, -0.05) is 12.1 Å². The van der Waals surface area contributed by atoms with E-state index < -0.39 is 5.41 Å². The van der Waals surface area contributed by atoms with Gasteiger partial charge in [0, 0.05) is 18.3 Å². The van der Waals surface area contributed by atoms with Gasteiger partial charge < -0.3 is 15.4 Å². The van der Waals surface area contributed by atoms with E-state index in [2.05, 4.69) is 10.6 Å². The fourth-order valence-corrected chi connectivity index (χ4v) is 2.27. The van der Waals surface area contributed by atoms with Crippen molar-refractivity contribution in [3.05, 3.63) is 54.1 Å². The molecule has 0 saturated heterocycles. The molecule has 0 radical (unpaired) electrons. The first-order valence-corrected chi connectivity index (χ1v) is 7.66. The molecule has 2 aromatic carbocycles. The Morgan fingerprint density at radius 2 is 1.38 bits per heavy atom. The molecule has 5 nitrogen and oxygen atoms in total. The van der Waals surface area contributed by atoms with E-state index in [0.717, 1.165) is 11.3 Å². The number of rotatable bonds is 5. The van der Waals surface area contributed by atoms with Crippen molar-refractivity contribution in [2.24, 2.45) is 0 Å². The second kappa shape index (κ2) is 7.17. The van der Waals surface area contributed by atoms with Gasteiger partial charge in [-0.3, -0.25) is 9.59 Å². The van der Waals surface area contributed by atoms with Gasteiger partial charge in [-0.25, -0.2) is 0 Å². The fourth-order valence-electron chi connectivity index (χ4n) is 2.27. The van der Waals surface area contributed by atoms with Gasteiger partial charge in [0.1, 0.15) is 5.75 Å². The highest BCUT2D eigenvalue weighted by Crippen LogP contribution is 2.27. The molecule has 0 fully saturated rings. The van der Waals surface area contributed by atoms with Crippen LogP contribution in [-0.4, -0.2) is 18.9 Å². The average Bonchev–Trinajstić information content (AvgIpc) is 2.56. The summed E-state index contributed by atoms with van der Waals surface area (Å²) in [5.41, 5.74) is 1.57. The highest BCUT2D eigenvalue weighted by atomic mass is 16.5. The zero-order valence-electron chi connectivity index (χ0n) is 14.3. The molecule has 2 aromatic rings. The van der Waals surface area contributed by atoms with E-state index in [4.69, 9.17) is 4.74 Å². The lowest BCUT2D eigenvalue weighted by Gasteiger charge is -2.24. The first-order valence-electron chi connectivity index (χ1n) is 7.66. The van der Waals surface area contributed by atoms with Crippen molar-refractivity contribution in [1.82, 2.24) is 0 Å². The van der Waals surface area contributed by atoms with Crippen molar-refractivity contribution in [3.63, 3.8) is 0 Å². The molecular formula is C19H22N2O3. The Kier molecular flexibility index (Phi) is 5.24. The zero-order chi connectivity index (χ0) is 17.7. The van der Waals surface area contributed by atoms with Crippen LogP contribution >= 0.6 is 0 Å². The number of ether oxygens (including phenoxy) is 1. The molecule has 0 aliphatic heterocycles. The molecule has 2 rings (SSSR count). The summed E-state index contributed by atoms with van der Waals surface area (Å²) >= 11 is 0. The molecule has 5 heteroatoms. The van der Waals surface area contributed by atoms with Crippen molar-refractivity contribution in [2.45, 2.75) is 26.2 Å². The van der Waals surface area contributed by atoms with E-state index in [9.17, 15) is 9.59 Å². The Labute approximate surface area is 142 Å². The molecule has 24 heavy (non-hydrogen) atoms. The van der Waals surface area contributed by atoms with Crippen molar-refractivity contribution in [3.8, 4) is 5.75 Å². The Morgan fingerprint density at radius 1 is 0.875 bits per heavy atom. The number of nitrogens with one attached hydrogen (secondary N) is 2. The Hall–Kier alpha value is -2.82. The van der Waals surface area contributed by atoms with Gasteiger partial charge in [0.2, 0.25) is 11.8 Å². The zero-order valence-corrected chi connectivity index (χ0v) is 14.3. The summed E-state index contributed by atoms with van der Waals surface area (Å²) in [5, 5.41) is 5.60. The molecule has 2 N–H and O–H groups in total. The molecule has 2 amide bonds. The molecule has 126 valence electrons. The lowest BCUT2D eigenvalue weighted by molar-refractivity contribution is -0.120. The first kappa shape index (κ1) is 17.5. The number of anilines is 2. The van der Waals surface area contributed by atoms with Crippen LogP contribution in [0.15, 0.2) is 48.5 Å². The molecule has 0 aromatic heterocycles. The third-order valence-electron chi connectivity index (χ3n) is 3.84. The highest BCUT2D eigenvalue weighted by molar-refractivity contribution is 5.99. The summed E-state index contributed by atoms with van der Waals surface area (Å²) in [6.45, 7) is 5.19. The molecule has 0 heterocycles. The predicted octanol–water partition coefficient (Wildman–Crippen LogP) is 3.57. The van der Waals surface area contributed by atoms with Gasteiger partial charge in [-0.2, -0.15) is 0 Å². The van der Waals surface area contributed by atoms with E-state index in [1.807, 2.05) is 38.1 Å². The van der Waals surface area contributed by atoms with Gasteiger partial charge in [-0.05, 0) is 55.8 Å². The summed E-state index contributed by atoms with van der Waals surface area (Å²) in [6, 6.07) is 14.5. The van der Waals surface area contributed by atoms with Crippen LogP contribution in [-0.2, 0) is 15.0 Å². The lowest BCUT2D eigenvalue weighted by Crippen LogP contribution is -2.34. The number of hydrogen-bond donors (Lipinski definition) is 2. The average molecular weight is 326 g/mol. The maximum atomic E-state index is 12.6. The molecule has 0 aliphatic rings. The molecule has 0 atom stereocenters. The van der Waals surface area contributed by atoms with Gasteiger partial charge in [0.15, 0.2) is 0 Å². The predicted molar refractivity (Wildman–Crippen MR) is 95.4 cm³/mol. The minimum absolute atomic E-state index is 0.111. The van der Waals surface area contributed by atoms with Gasteiger partial charge in [0.25, 0.3) is 0 Å². The topological polar surface area (TPSA) is 67.4 Å². The highest BCUT2D eigenvalue weighted by Gasteiger charge is 2.29. The molecule has 0 bridgehead atoms. The SMILES string of the molecule is COc1ccc(C(C)(C)C(=O)Nc2ccc(NC(C)=O)cc2)cc1. The summed E-state index contributed by atoms with van der Waals surface area (Å²) in [4.78, 5) is 23.7. The summed E-state index contributed by atoms with van der Waals surface area (Å²) in [6.07, 6.45) is 0. The number of carbonyl (C=O) groups is 2. The largest absolute Gasteiger partial charge is 0.497 e. The maximum Gasteiger partial charge on any atom is 0.234 e. The standard InChI is InChI=1S/C19H22N2O3/c1-13(22)20-15-7-9-16(10-8-15)21-18(23)19(2,3)14-5-11-17(24-4)12-6-14/h5-12H,1-4H3,(H,20,22)(H,21,23). The number of benzene rings is 2. The van der Waals surface area contributed by atoms with Crippen LogP contribution in [0.4, 0.5) is 11.4 Å². The minimum atomic E-state index is -0.692. The van der Waals surface area contributed by atoms with Crippen LogP contribution < -0.4 is 15.4 Å². The van der Waals surface area contributed by atoms with E-state index in [1.165, 1.54) is 6.92 Å². The fraction of sp³-hybridized carbons (Fsp3) is 0.263. The van der Waals surface area contributed by atoms with Crippen molar-refractivity contribution in [1.29, 1.82) is 0 Å². The van der Waals surface area contributed by atoms with E-state index in [-0.39, 0.29) is 11.8 Å². The third-order valence-corrected chi connectivity index (χ3v) is 3.84. The van der Waals surface area contributed by atoms with Crippen LogP contribution in [0.5, 0.6) is 5.75 Å². The lowest BCUT2D eigenvalue weighted by atomic mass is 9.83. The van der Waals surface area contributed by atoms with E-state index in [0.29, 0.717) is 11.4 Å². The molecule has 0 saturated carbocycles. The van der Waals surface area contributed by atoms with Crippen LogP contribution in [0.25, 0.3) is 0 Å². The second-order valence-electron chi connectivity index (χ2n) is 6.07. The van der Waals surface area contributed by atoms with Crippen molar-refractivity contribution < 1.29 is 14.3 Å². The third kappa shape index (κ3) is 4.13. The molecule has 0 spiro atoms. The Bertz CT molecular complexity index is 719. The number of hydrogen-bond acceptors (Lipinski definition) is 3. The number of carbonyl (C=O) groups excluding carboxylic acids is 2. The first-order chi connectivity index (χ1) is 11.3. The second-order valence-corrected chi connectivity index (χ2v) is 6.07. The Morgan fingerprint density at radius 3 is 1.83 bits per heavy atom. The van der Waals surface area contributed by atoms with Crippen LogP contribution in [0.2, 0.25) is 0 Å².